The van der Waals surface area contributed by atoms with E-state index in [0.717, 1.165) is 24.0 Å². The molecule has 6 heteroatoms. The van der Waals surface area contributed by atoms with Gasteiger partial charge in [-0.2, -0.15) is 0 Å². The van der Waals surface area contributed by atoms with Crippen LogP contribution in [-0.2, 0) is 21.3 Å². The highest BCUT2D eigenvalue weighted by Gasteiger charge is 2.33. The molecular weight excluding hydrogens is 288 g/mol. The SMILES string of the molecule is CNCc1cccc(S(=O)(=O)NC2(C)CCCOC2)c1C. The Morgan fingerprint density at radius 3 is 2.76 bits per heavy atom. The van der Waals surface area contributed by atoms with Crippen molar-refractivity contribution in [1.82, 2.24) is 10.0 Å². The fourth-order valence-electron chi connectivity index (χ4n) is 2.73. The van der Waals surface area contributed by atoms with Gasteiger partial charge in [-0.15, -0.1) is 0 Å². The van der Waals surface area contributed by atoms with Crippen LogP contribution in [0.1, 0.15) is 30.9 Å². The number of ether oxygens (including phenoxy) is 1. The van der Waals surface area contributed by atoms with Gasteiger partial charge in [0.15, 0.2) is 0 Å². The molecule has 1 atom stereocenters. The molecule has 0 bridgehead atoms. The highest BCUT2D eigenvalue weighted by molar-refractivity contribution is 7.89. The first-order chi connectivity index (χ1) is 9.88. The zero-order chi connectivity index (χ0) is 15.5. The molecule has 118 valence electrons. The van der Waals surface area contributed by atoms with Crippen molar-refractivity contribution in [1.29, 1.82) is 0 Å². The third-order valence-corrected chi connectivity index (χ3v) is 5.65. The highest BCUT2D eigenvalue weighted by atomic mass is 32.2. The lowest BCUT2D eigenvalue weighted by atomic mass is 9.97. The number of rotatable bonds is 5. The first-order valence-electron chi connectivity index (χ1n) is 7.23. The lowest BCUT2D eigenvalue weighted by Gasteiger charge is -2.34. The summed E-state index contributed by atoms with van der Waals surface area (Å²) in [5, 5.41) is 3.06. The molecule has 2 rings (SSSR count). The largest absolute Gasteiger partial charge is 0.380 e. The second-order valence-electron chi connectivity index (χ2n) is 5.89. The van der Waals surface area contributed by atoms with Crippen LogP contribution < -0.4 is 10.0 Å². The van der Waals surface area contributed by atoms with Crippen molar-refractivity contribution < 1.29 is 13.2 Å². The Labute approximate surface area is 127 Å². The normalized spacial score (nSPS) is 23.2. The molecule has 1 aliphatic rings. The Morgan fingerprint density at radius 2 is 2.14 bits per heavy atom. The van der Waals surface area contributed by atoms with Crippen LogP contribution in [0.5, 0.6) is 0 Å². The maximum Gasteiger partial charge on any atom is 0.241 e. The molecule has 0 aliphatic carbocycles. The summed E-state index contributed by atoms with van der Waals surface area (Å²) >= 11 is 0. The first kappa shape index (κ1) is 16.4. The minimum absolute atomic E-state index is 0.349. The zero-order valence-electron chi connectivity index (χ0n) is 12.9. The molecule has 0 amide bonds. The van der Waals surface area contributed by atoms with Crippen molar-refractivity contribution in [2.75, 3.05) is 20.3 Å². The van der Waals surface area contributed by atoms with Gasteiger partial charge in [0.2, 0.25) is 10.0 Å². The van der Waals surface area contributed by atoms with Crippen molar-refractivity contribution in [3.8, 4) is 0 Å². The van der Waals surface area contributed by atoms with E-state index in [1.54, 1.807) is 12.1 Å². The molecule has 1 fully saturated rings. The Bertz CT molecular complexity index is 593. The molecule has 5 nitrogen and oxygen atoms in total. The Hall–Kier alpha value is -0.950. The van der Waals surface area contributed by atoms with Gasteiger partial charge in [0, 0.05) is 13.2 Å². The van der Waals surface area contributed by atoms with Crippen molar-refractivity contribution >= 4 is 10.0 Å². The second kappa shape index (κ2) is 6.44. The standard InChI is InChI=1S/C15H24N2O3S/c1-12-13(10-16-3)6-4-7-14(12)21(18,19)17-15(2)8-5-9-20-11-15/h4,6-7,16-17H,5,8-11H2,1-3H3. The fourth-order valence-corrected chi connectivity index (χ4v) is 4.44. The maximum absolute atomic E-state index is 12.7. The molecule has 1 unspecified atom stereocenters. The molecule has 0 radical (unpaired) electrons. The summed E-state index contributed by atoms with van der Waals surface area (Å²) in [6.07, 6.45) is 1.67. The van der Waals surface area contributed by atoms with Crippen LogP contribution in [0.4, 0.5) is 0 Å². The van der Waals surface area contributed by atoms with Crippen LogP contribution in [0.15, 0.2) is 23.1 Å². The molecular formula is C15H24N2O3S. The Kier molecular flexibility index (Phi) is 5.03. The second-order valence-corrected chi connectivity index (χ2v) is 7.54. The molecule has 1 aliphatic heterocycles. The first-order valence-corrected chi connectivity index (χ1v) is 8.71. The van der Waals surface area contributed by atoms with E-state index in [1.165, 1.54) is 0 Å². The van der Waals surface area contributed by atoms with E-state index >= 15 is 0 Å². The summed E-state index contributed by atoms with van der Waals surface area (Å²) in [7, 11) is -1.70. The predicted octanol–water partition coefficient (Wildman–Crippen LogP) is 1.56. The third kappa shape index (κ3) is 3.83. The van der Waals surface area contributed by atoms with Crippen molar-refractivity contribution in [3.63, 3.8) is 0 Å². The fraction of sp³-hybridized carbons (Fsp3) is 0.600. The molecule has 1 aromatic rings. The third-order valence-electron chi connectivity index (χ3n) is 3.87. The average Bonchev–Trinajstić information content (AvgIpc) is 2.40. The summed E-state index contributed by atoms with van der Waals surface area (Å²) in [6.45, 7) is 5.52. The van der Waals surface area contributed by atoms with Crippen LogP contribution >= 0.6 is 0 Å². The molecule has 0 saturated carbocycles. The van der Waals surface area contributed by atoms with Gasteiger partial charge >= 0.3 is 0 Å². The van der Waals surface area contributed by atoms with Gasteiger partial charge in [0.05, 0.1) is 17.0 Å². The number of hydrogen-bond donors (Lipinski definition) is 2. The molecule has 1 aromatic carbocycles. The summed E-state index contributed by atoms with van der Waals surface area (Å²) in [6, 6.07) is 5.38. The maximum atomic E-state index is 12.7. The monoisotopic (exact) mass is 312 g/mol. The number of sulfonamides is 1. The molecule has 21 heavy (non-hydrogen) atoms. The van der Waals surface area contributed by atoms with E-state index in [1.807, 2.05) is 27.0 Å². The Morgan fingerprint density at radius 1 is 1.38 bits per heavy atom. The summed E-state index contributed by atoms with van der Waals surface area (Å²) in [5.74, 6) is 0. The van der Waals surface area contributed by atoms with Crippen molar-refractivity contribution in [3.05, 3.63) is 29.3 Å². The summed E-state index contributed by atoms with van der Waals surface area (Å²) < 4.78 is 33.6. The number of benzene rings is 1. The van der Waals surface area contributed by atoms with Crippen LogP contribution in [0.2, 0.25) is 0 Å². The quantitative estimate of drug-likeness (QED) is 0.866. The molecule has 2 N–H and O–H groups in total. The van der Waals surface area contributed by atoms with E-state index in [-0.39, 0.29) is 0 Å². The Balaban J connectivity index is 2.29. The molecule has 1 saturated heterocycles. The van der Waals surface area contributed by atoms with Crippen LogP contribution in [-0.4, -0.2) is 34.2 Å². The van der Waals surface area contributed by atoms with Crippen LogP contribution in [0.25, 0.3) is 0 Å². The van der Waals surface area contributed by atoms with E-state index in [9.17, 15) is 8.42 Å². The average molecular weight is 312 g/mol. The van der Waals surface area contributed by atoms with Gasteiger partial charge < -0.3 is 10.1 Å². The summed E-state index contributed by atoms with van der Waals surface area (Å²) in [5.41, 5.74) is 1.26. The van der Waals surface area contributed by atoms with Gasteiger partial charge in [0.1, 0.15) is 0 Å². The molecule has 0 aromatic heterocycles. The minimum atomic E-state index is -3.55. The summed E-state index contributed by atoms with van der Waals surface area (Å²) in [4.78, 5) is 0.349. The van der Waals surface area contributed by atoms with Crippen molar-refractivity contribution in [2.24, 2.45) is 0 Å². The predicted molar refractivity (Wildman–Crippen MR) is 82.7 cm³/mol. The lowest BCUT2D eigenvalue weighted by Crippen LogP contribution is -2.51. The van der Waals surface area contributed by atoms with Crippen LogP contribution in [0.3, 0.4) is 0 Å². The highest BCUT2D eigenvalue weighted by Crippen LogP contribution is 2.24. The van der Waals surface area contributed by atoms with Crippen molar-refractivity contribution in [2.45, 2.75) is 43.7 Å². The van der Waals surface area contributed by atoms with Gasteiger partial charge in [0.25, 0.3) is 0 Å². The van der Waals surface area contributed by atoms with Gasteiger partial charge in [-0.05, 0) is 50.9 Å². The van der Waals surface area contributed by atoms with Gasteiger partial charge in [-0.3, -0.25) is 0 Å². The minimum Gasteiger partial charge on any atom is -0.380 e. The van der Waals surface area contributed by atoms with Crippen LogP contribution in [0, 0.1) is 6.92 Å². The van der Waals surface area contributed by atoms with Gasteiger partial charge in [-0.1, -0.05) is 12.1 Å². The van der Waals surface area contributed by atoms with Gasteiger partial charge in [-0.25, -0.2) is 13.1 Å². The van der Waals surface area contributed by atoms with E-state index in [4.69, 9.17) is 4.74 Å². The zero-order valence-corrected chi connectivity index (χ0v) is 13.7. The molecule has 0 spiro atoms. The molecule has 1 heterocycles. The lowest BCUT2D eigenvalue weighted by molar-refractivity contribution is 0.0386. The van der Waals surface area contributed by atoms with E-state index in [2.05, 4.69) is 10.0 Å². The smallest absolute Gasteiger partial charge is 0.241 e. The van der Waals surface area contributed by atoms with E-state index < -0.39 is 15.6 Å². The van der Waals surface area contributed by atoms with E-state index in [0.29, 0.717) is 24.7 Å². The topological polar surface area (TPSA) is 67.4 Å². The number of nitrogens with one attached hydrogen (secondary N) is 2. The number of hydrogen-bond acceptors (Lipinski definition) is 4.